The first-order valence-electron chi connectivity index (χ1n) is 13.5. The van der Waals surface area contributed by atoms with E-state index in [1.54, 1.807) is 18.3 Å². The monoisotopic (exact) mass is 547 g/mol. The van der Waals surface area contributed by atoms with Crippen molar-refractivity contribution in [2.45, 2.75) is 44.8 Å². The number of nitrogens with zero attached hydrogens (tertiary/aromatic N) is 2. The Morgan fingerprint density at radius 2 is 1.92 bits per heavy atom. The first kappa shape index (κ1) is 27.1. The SMILES string of the molecule is NC(=O)c1ccc2c(c1)nc(NCCOCCCCNCc1ccc(OC3CCC3)c(Cl)c1)c1ccncc12. The largest absolute Gasteiger partial charge is 0.489 e. The molecule has 39 heavy (non-hydrogen) atoms. The zero-order chi connectivity index (χ0) is 27.0. The Morgan fingerprint density at radius 1 is 1.03 bits per heavy atom. The average molecular weight is 548 g/mol. The first-order chi connectivity index (χ1) is 19.1. The van der Waals surface area contributed by atoms with Crippen molar-refractivity contribution in [3.05, 3.63) is 71.0 Å². The number of aromatic nitrogens is 2. The molecular formula is C30H34ClN5O3. The van der Waals surface area contributed by atoms with Gasteiger partial charge in [0.1, 0.15) is 11.6 Å². The van der Waals surface area contributed by atoms with Crippen LogP contribution < -0.4 is 21.1 Å². The van der Waals surface area contributed by atoms with E-state index in [0.717, 1.165) is 72.1 Å². The number of hydrogen-bond acceptors (Lipinski definition) is 7. The van der Waals surface area contributed by atoms with Crippen LogP contribution in [0.5, 0.6) is 5.75 Å². The van der Waals surface area contributed by atoms with Crippen molar-refractivity contribution in [1.82, 2.24) is 15.3 Å². The van der Waals surface area contributed by atoms with E-state index >= 15 is 0 Å². The molecule has 0 spiro atoms. The molecule has 0 saturated heterocycles. The van der Waals surface area contributed by atoms with Crippen molar-refractivity contribution in [3.8, 4) is 5.75 Å². The molecule has 9 heteroatoms. The molecule has 2 aromatic heterocycles. The van der Waals surface area contributed by atoms with Crippen LogP contribution in [0.3, 0.4) is 0 Å². The van der Waals surface area contributed by atoms with Gasteiger partial charge in [-0.15, -0.1) is 0 Å². The van der Waals surface area contributed by atoms with Crippen molar-refractivity contribution in [2.24, 2.45) is 5.73 Å². The van der Waals surface area contributed by atoms with Crippen LogP contribution in [-0.2, 0) is 11.3 Å². The quantitative estimate of drug-likeness (QED) is 0.142. The number of rotatable bonds is 14. The maximum Gasteiger partial charge on any atom is 0.248 e. The van der Waals surface area contributed by atoms with Crippen LogP contribution in [0.4, 0.5) is 5.82 Å². The molecule has 5 rings (SSSR count). The maximum atomic E-state index is 11.6. The smallest absolute Gasteiger partial charge is 0.248 e. The van der Waals surface area contributed by atoms with Gasteiger partial charge in [0, 0.05) is 53.8 Å². The number of hydrogen-bond donors (Lipinski definition) is 3. The topological polar surface area (TPSA) is 111 Å². The Hall–Kier alpha value is -3.46. The second-order valence-electron chi connectivity index (χ2n) is 9.84. The van der Waals surface area contributed by atoms with Gasteiger partial charge < -0.3 is 25.8 Å². The summed E-state index contributed by atoms with van der Waals surface area (Å²) in [6.45, 7) is 3.56. The van der Waals surface area contributed by atoms with Crippen LogP contribution in [0.25, 0.3) is 21.7 Å². The molecule has 4 aromatic rings. The minimum atomic E-state index is -0.476. The normalized spacial score (nSPS) is 13.5. The maximum absolute atomic E-state index is 11.6. The first-order valence-corrected chi connectivity index (χ1v) is 13.9. The fourth-order valence-corrected chi connectivity index (χ4v) is 4.83. The number of primary amides is 1. The summed E-state index contributed by atoms with van der Waals surface area (Å²) in [5, 5.41) is 10.4. The molecule has 1 aliphatic rings. The number of nitrogens with two attached hydrogens (primary N) is 1. The van der Waals surface area contributed by atoms with Crippen LogP contribution in [0, 0.1) is 0 Å². The van der Waals surface area contributed by atoms with Crippen LogP contribution in [0.2, 0.25) is 5.02 Å². The molecule has 2 heterocycles. The molecule has 0 atom stereocenters. The standard InChI is InChI=1S/C30H34ClN5O3/c31-26-16-20(6-9-28(26)39-22-4-3-5-22)18-33-11-1-2-14-38-15-13-35-30-24-10-12-34-19-25(24)23-8-7-21(29(32)37)17-27(23)36-30/h6-10,12,16-17,19,22,33H,1-5,11,13-15,18H2,(H2,32,37)(H,35,36). The van der Waals surface area contributed by atoms with Gasteiger partial charge in [-0.25, -0.2) is 4.98 Å². The van der Waals surface area contributed by atoms with Crippen LogP contribution in [0.1, 0.15) is 48.0 Å². The zero-order valence-electron chi connectivity index (χ0n) is 21.9. The van der Waals surface area contributed by atoms with Gasteiger partial charge in [0.15, 0.2) is 0 Å². The van der Waals surface area contributed by atoms with E-state index in [0.29, 0.717) is 42.0 Å². The molecule has 1 amide bonds. The Kier molecular flexibility index (Phi) is 9.08. The van der Waals surface area contributed by atoms with Gasteiger partial charge >= 0.3 is 0 Å². The highest BCUT2D eigenvalue weighted by Crippen LogP contribution is 2.31. The number of ether oxygens (including phenoxy) is 2. The van der Waals surface area contributed by atoms with Gasteiger partial charge in [-0.2, -0.15) is 0 Å². The summed E-state index contributed by atoms with van der Waals surface area (Å²) in [5.74, 6) is 1.04. The molecule has 8 nitrogen and oxygen atoms in total. The van der Waals surface area contributed by atoms with Crippen LogP contribution >= 0.6 is 11.6 Å². The number of amides is 1. The number of pyridine rings is 2. The molecule has 1 saturated carbocycles. The number of benzene rings is 2. The molecule has 2 aromatic carbocycles. The van der Waals surface area contributed by atoms with E-state index in [1.165, 1.54) is 6.42 Å². The number of nitrogens with one attached hydrogen (secondary N) is 2. The Balaban J connectivity index is 1.01. The zero-order valence-corrected chi connectivity index (χ0v) is 22.7. The highest BCUT2D eigenvalue weighted by Gasteiger charge is 2.20. The number of fused-ring (bicyclic) bond motifs is 3. The second-order valence-corrected chi connectivity index (χ2v) is 10.2. The summed E-state index contributed by atoms with van der Waals surface area (Å²) in [5.41, 5.74) is 7.73. The fraction of sp³-hybridized carbons (Fsp3) is 0.367. The Bertz CT molecular complexity index is 1440. The lowest BCUT2D eigenvalue weighted by Gasteiger charge is -2.26. The molecule has 0 bridgehead atoms. The lowest BCUT2D eigenvalue weighted by molar-refractivity contribution is 0.100. The molecule has 204 valence electrons. The van der Waals surface area contributed by atoms with Gasteiger partial charge in [0.25, 0.3) is 0 Å². The number of carbonyl (C=O) groups is 1. The second kappa shape index (κ2) is 13.1. The number of halogens is 1. The van der Waals surface area contributed by atoms with E-state index in [2.05, 4.69) is 21.7 Å². The van der Waals surface area contributed by atoms with Crippen molar-refractivity contribution in [3.63, 3.8) is 0 Å². The van der Waals surface area contributed by atoms with E-state index in [1.807, 2.05) is 30.5 Å². The Morgan fingerprint density at radius 3 is 2.72 bits per heavy atom. The van der Waals surface area contributed by atoms with Crippen molar-refractivity contribution in [1.29, 1.82) is 0 Å². The van der Waals surface area contributed by atoms with E-state index in [4.69, 9.17) is 31.8 Å². The van der Waals surface area contributed by atoms with Crippen molar-refractivity contribution >= 4 is 45.0 Å². The van der Waals surface area contributed by atoms with Gasteiger partial charge in [0.05, 0.1) is 23.3 Å². The summed E-state index contributed by atoms with van der Waals surface area (Å²) in [6.07, 6.45) is 9.37. The van der Waals surface area contributed by atoms with Crippen LogP contribution in [0.15, 0.2) is 54.9 Å². The average Bonchev–Trinajstić information content (AvgIpc) is 2.92. The molecule has 0 unspecified atom stereocenters. The highest BCUT2D eigenvalue weighted by atomic mass is 35.5. The predicted octanol–water partition coefficient (Wildman–Crippen LogP) is 5.47. The molecule has 1 fully saturated rings. The summed E-state index contributed by atoms with van der Waals surface area (Å²) in [6, 6.07) is 13.3. The molecular weight excluding hydrogens is 514 g/mol. The third kappa shape index (κ3) is 6.95. The van der Waals surface area contributed by atoms with E-state index in [9.17, 15) is 4.79 Å². The van der Waals surface area contributed by atoms with Gasteiger partial charge in [-0.3, -0.25) is 9.78 Å². The van der Waals surface area contributed by atoms with E-state index in [-0.39, 0.29) is 0 Å². The number of carbonyl (C=O) groups excluding carboxylic acids is 1. The highest BCUT2D eigenvalue weighted by molar-refractivity contribution is 6.32. The molecule has 0 radical (unpaired) electrons. The lowest BCUT2D eigenvalue weighted by atomic mass is 9.96. The van der Waals surface area contributed by atoms with Gasteiger partial charge in [-0.1, -0.05) is 23.7 Å². The number of unbranched alkanes of at least 4 members (excludes halogenated alkanes) is 1. The number of anilines is 1. The third-order valence-electron chi connectivity index (χ3n) is 6.98. The minimum absolute atomic E-state index is 0.329. The summed E-state index contributed by atoms with van der Waals surface area (Å²) >= 11 is 6.39. The minimum Gasteiger partial charge on any atom is -0.489 e. The van der Waals surface area contributed by atoms with Gasteiger partial charge in [0.2, 0.25) is 5.91 Å². The molecule has 4 N–H and O–H groups in total. The van der Waals surface area contributed by atoms with E-state index < -0.39 is 5.91 Å². The van der Waals surface area contributed by atoms with Crippen LogP contribution in [-0.4, -0.2) is 48.3 Å². The lowest BCUT2D eigenvalue weighted by Crippen LogP contribution is -2.24. The Labute approximate surface area is 233 Å². The third-order valence-corrected chi connectivity index (χ3v) is 7.28. The predicted molar refractivity (Wildman–Crippen MR) is 156 cm³/mol. The molecule has 0 aliphatic heterocycles. The summed E-state index contributed by atoms with van der Waals surface area (Å²) in [7, 11) is 0. The van der Waals surface area contributed by atoms with Crippen molar-refractivity contribution in [2.75, 3.05) is 31.6 Å². The summed E-state index contributed by atoms with van der Waals surface area (Å²) in [4.78, 5) is 20.6. The molecule has 1 aliphatic carbocycles. The summed E-state index contributed by atoms with van der Waals surface area (Å²) < 4.78 is 11.7. The van der Waals surface area contributed by atoms with Gasteiger partial charge in [-0.05, 0) is 74.5 Å². The van der Waals surface area contributed by atoms with Crippen molar-refractivity contribution < 1.29 is 14.3 Å². The fourth-order valence-electron chi connectivity index (χ4n) is 4.58.